The fourth-order valence-electron chi connectivity index (χ4n) is 4.40. The zero-order valence-corrected chi connectivity index (χ0v) is 22.3. The predicted molar refractivity (Wildman–Crippen MR) is 141 cm³/mol. The van der Waals surface area contributed by atoms with E-state index in [4.69, 9.17) is 14.2 Å². The van der Waals surface area contributed by atoms with Gasteiger partial charge in [0.15, 0.2) is 5.82 Å². The van der Waals surface area contributed by atoms with Crippen molar-refractivity contribution in [3.05, 3.63) is 42.1 Å². The molecule has 2 aromatic rings. The molecule has 0 unspecified atom stereocenters. The molecule has 3 heterocycles. The molecule has 2 atom stereocenters. The molecule has 2 N–H and O–H groups in total. The summed E-state index contributed by atoms with van der Waals surface area (Å²) in [6.45, 7) is 3.92. The second kappa shape index (κ2) is 13.7. The number of rotatable bonds is 10. The molecule has 4 rings (SSSR count). The van der Waals surface area contributed by atoms with Crippen LogP contribution in [0.4, 0.5) is 4.79 Å². The first-order valence-corrected chi connectivity index (χ1v) is 13.3. The highest BCUT2D eigenvalue weighted by atomic mass is 16.6. The monoisotopic (exact) mass is 555 g/mol. The summed E-state index contributed by atoms with van der Waals surface area (Å²) in [5.41, 5.74) is 0.644. The van der Waals surface area contributed by atoms with E-state index in [9.17, 15) is 24.3 Å². The predicted octanol–water partition coefficient (Wildman–Crippen LogP) is 1.58. The number of nitrogens with one attached hydrogen (secondary N) is 1. The molecule has 2 aliphatic rings. The standard InChI is InChI=1S/C27H33N5O8/c1-2-39-27(37)32-13-11-31(12-14-32)26(36)20(8-9-23(33)34)29-25(35)21-16-22(40-19-10-15-38-17-19)30-24(28-21)18-6-4-3-5-7-18/h3-7,16,19-20H,2,8-15,17H2,1H3,(H,29,35)(H,33,34)/t19-,20+/m1/s1. The summed E-state index contributed by atoms with van der Waals surface area (Å²) in [6, 6.07) is 9.37. The number of carboxylic acids is 1. The smallest absolute Gasteiger partial charge is 0.409 e. The van der Waals surface area contributed by atoms with Gasteiger partial charge < -0.3 is 34.4 Å². The van der Waals surface area contributed by atoms with Gasteiger partial charge in [-0.3, -0.25) is 14.4 Å². The quantitative estimate of drug-likeness (QED) is 0.440. The van der Waals surface area contributed by atoms with Crippen molar-refractivity contribution in [2.24, 2.45) is 0 Å². The lowest BCUT2D eigenvalue weighted by atomic mass is 10.1. The summed E-state index contributed by atoms with van der Waals surface area (Å²) in [5, 5.41) is 11.9. The van der Waals surface area contributed by atoms with Gasteiger partial charge in [0.05, 0.1) is 19.8 Å². The number of amides is 3. The van der Waals surface area contributed by atoms with Gasteiger partial charge in [-0.1, -0.05) is 30.3 Å². The van der Waals surface area contributed by atoms with Gasteiger partial charge in [0.25, 0.3) is 5.91 Å². The normalized spacial score (nSPS) is 17.7. The molecular weight excluding hydrogens is 522 g/mol. The van der Waals surface area contributed by atoms with Crippen LogP contribution < -0.4 is 10.1 Å². The molecule has 1 aromatic heterocycles. The lowest BCUT2D eigenvalue weighted by Gasteiger charge is -2.35. The zero-order chi connectivity index (χ0) is 28.5. The topological polar surface area (TPSA) is 160 Å². The fourth-order valence-corrected chi connectivity index (χ4v) is 4.40. The van der Waals surface area contributed by atoms with E-state index >= 15 is 0 Å². The van der Waals surface area contributed by atoms with Crippen LogP contribution in [0.5, 0.6) is 5.88 Å². The first kappa shape index (κ1) is 28.7. The van der Waals surface area contributed by atoms with E-state index < -0.39 is 29.9 Å². The summed E-state index contributed by atoms with van der Waals surface area (Å²) >= 11 is 0. The number of piperazine rings is 1. The third-order valence-corrected chi connectivity index (χ3v) is 6.51. The van der Waals surface area contributed by atoms with Crippen molar-refractivity contribution in [1.82, 2.24) is 25.1 Å². The molecule has 13 heteroatoms. The average molecular weight is 556 g/mol. The minimum atomic E-state index is -1.11. The molecule has 2 saturated heterocycles. The van der Waals surface area contributed by atoms with Crippen LogP contribution in [0, 0.1) is 0 Å². The minimum absolute atomic E-state index is 0.0250. The minimum Gasteiger partial charge on any atom is -0.481 e. The second-order valence-electron chi connectivity index (χ2n) is 9.35. The van der Waals surface area contributed by atoms with Gasteiger partial charge in [-0.05, 0) is 13.3 Å². The number of carboxylic acid groups (broad SMARTS) is 1. The SMILES string of the molecule is CCOC(=O)N1CCN(C(=O)[C@H](CCC(=O)O)NC(=O)c2cc(O[C@@H]3CCOC3)nc(-c3ccccc3)n2)CC1. The number of aromatic nitrogens is 2. The van der Waals surface area contributed by atoms with Crippen molar-refractivity contribution >= 4 is 23.9 Å². The molecular formula is C27H33N5O8. The molecule has 0 aliphatic carbocycles. The molecule has 13 nitrogen and oxygen atoms in total. The molecule has 0 saturated carbocycles. The first-order valence-electron chi connectivity index (χ1n) is 13.3. The zero-order valence-electron chi connectivity index (χ0n) is 22.3. The summed E-state index contributed by atoms with van der Waals surface area (Å²) in [7, 11) is 0. The number of nitrogens with zero attached hydrogens (tertiary/aromatic N) is 4. The van der Waals surface area contributed by atoms with Crippen molar-refractivity contribution in [1.29, 1.82) is 0 Å². The average Bonchev–Trinajstić information content (AvgIpc) is 3.48. The second-order valence-corrected chi connectivity index (χ2v) is 9.35. The summed E-state index contributed by atoms with van der Waals surface area (Å²) in [6.07, 6.45) is -0.425. The number of aliphatic carboxylic acids is 1. The van der Waals surface area contributed by atoms with Gasteiger partial charge in [0.2, 0.25) is 11.8 Å². The lowest BCUT2D eigenvalue weighted by molar-refractivity contribution is -0.138. The van der Waals surface area contributed by atoms with Crippen molar-refractivity contribution in [2.75, 3.05) is 46.0 Å². The molecule has 2 aliphatic heterocycles. The Hall–Kier alpha value is -4.26. The van der Waals surface area contributed by atoms with Crippen LogP contribution in [-0.2, 0) is 19.1 Å². The molecule has 214 valence electrons. The third kappa shape index (κ3) is 7.65. The van der Waals surface area contributed by atoms with Crippen LogP contribution in [0.15, 0.2) is 36.4 Å². The Kier molecular flexibility index (Phi) is 9.84. The van der Waals surface area contributed by atoms with Crippen molar-refractivity contribution in [2.45, 2.75) is 38.3 Å². The molecule has 40 heavy (non-hydrogen) atoms. The van der Waals surface area contributed by atoms with Crippen LogP contribution in [0.2, 0.25) is 0 Å². The number of hydrogen-bond acceptors (Lipinski definition) is 9. The Morgan fingerprint density at radius 3 is 2.48 bits per heavy atom. The van der Waals surface area contributed by atoms with E-state index in [1.807, 2.05) is 18.2 Å². The highest BCUT2D eigenvalue weighted by molar-refractivity contribution is 5.96. The van der Waals surface area contributed by atoms with Crippen molar-refractivity contribution in [3.63, 3.8) is 0 Å². The van der Waals surface area contributed by atoms with Gasteiger partial charge in [-0.25, -0.2) is 9.78 Å². The Bertz CT molecular complexity index is 1200. The molecule has 1 aromatic carbocycles. The Morgan fingerprint density at radius 2 is 1.82 bits per heavy atom. The third-order valence-electron chi connectivity index (χ3n) is 6.51. The molecule has 0 bridgehead atoms. The van der Waals surface area contributed by atoms with Gasteiger partial charge in [-0.15, -0.1) is 0 Å². The van der Waals surface area contributed by atoms with Gasteiger partial charge in [-0.2, -0.15) is 4.98 Å². The molecule has 2 fully saturated rings. The van der Waals surface area contributed by atoms with E-state index in [1.165, 1.54) is 15.9 Å². The van der Waals surface area contributed by atoms with Gasteiger partial charge in [0, 0.05) is 50.7 Å². The summed E-state index contributed by atoms with van der Waals surface area (Å²) in [5.74, 6) is -1.73. The lowest BCUT2D eigenvalue weighted by Crippen LogP contribution is -2.56. The van der Waals surface area contributed by atoms with Crippen molar-refractivity contribution < 1.29 is 38.5 Å². The Morgan fingerprint density at radius 1 is 1.10 bits per heavy atom. The van der Waals surface area contributed by atoms with Gasteiger partial charge >= 0.3 is 12.1 Å². The van der Waals surface area contributed by atoms with E-state index in [1.54, 1.807) is 19.1 Å². The maximum Gasteiger partial charge on any atom is 0.409 e. The molecule has 0 radical (unpaired) electrons. The van der Waals surface area contributed by atoms with Crippen LogP contribution in [-0.4, -0.2) is 107 Å². The van der Waals surface area contributed by atoms with E-state index in [0.717, 1.165) is 0 Å². The van der Waals surface area contributed by atoms with Crippen LogP contribution in [0.25, 0.3) is 11.4 Å². The number of carbonyl (C=O) groups is 4. The number of ether oxygens (including phenoxy) is 3. The van der Waals surface area contributed by atoms with Gasteiger partial charge in [0.1, 0.15) is 17.8 Å². The maximum atomic E-state index is 13.4. The molecule has 0 spiro atoms. The van der Waals surface area contributed by atoms with Crippen molar-refractivity contribution in [3.8, 4) is 17.3 Å². The van der Waals surface area contributed by atoms with E-state index in [2.05, 4.69) is 15.3 Å². The van der Waals surface area contributed by atoms with E-state index in [0.29, 0.717) is 25.2 Å². The first-order chi connectivity index (χ1) is 19.3. The highest BCUT2D eigenvalue weighted by Gasteiger charge is 2.31. The van der Waals surface area contributed by atoms with E-state index in [-0.39, 0.29) is 69.1 Å². The van der Waals surface area contributed by atoms with Crippen LogP contribution >= 0.6 is 0 Å². The summed E-state index contributed by atoms with van der Waals surface area (Å²) < 4.78 is 16.3. The number of hydrogen-bond donors (Lipinski definition) is 2. The van der Waals surface area contributed by atoms with Crippen LogP contribution in [0.1, 0.15) is 36.7 Å². The Balaban J connectivity index is 1.52. The largest absolute Gasteiger partial charge is 0.481 e. The highest BCUT2D eigenvalue weighted by Crippen LogP contribution is 2.22. The molecule has 3 amide bonds. The van der Waals surface area contributed by atoms with Crippen LogP contribution in [0.3, 0.4) is 0 Å². The summed E-state index contributed by atoms with van der Waals surface area (Å²) in [4.78, 5) is 62.0. The number of carbonyl (C=O) groups excluding carboxylic acids is 3. The maximum absolute atomic E-state index is 13.4. The Labute approximate surface area is 231 Å². The number of benzene rings is 1. The fraction of sp³-hybridized carbons (Fsp3) is 0.481.